The number of aliphatic hydroxyl groups excluding tert-OH is 1. The first kappa shape index (κ1) is 10.5. The van der Waals surface area contributed by atoms with Gasteiger partial charge in [0, 0.05) is 38.6 Å². The minimum Gasteiger partial charge on any atom is -0.390 e. The molecule has 0 saturated heterocycles. The van der Waals surface area contributed by atoms with Gasteiger partial charge in [-0.05, 0) is 23.6 Å². The van der Waals surface area contributed by atoms with Crippen LogP contribution in [-0.2, 0) is 13.0 Å². The molecule has 1 aromatic rings. The lowest BCUT2D eigenvalue weighted by atomic mass is 10.0. The Labute approximate surface area is 89.7 Å². The lowest BCUT2D eigenvalue weighted by Gasteiger charge is -2.29. The summed E-state index contributed by atoms with van der Waals surface area (Å²) < 4.78 is 0. The highest BCUT2D eigenvalue weighted by Gasteiger charge is 2.17. The van der Waals surface area contributed by atoms with Crippen LogP contribution in [-0.4, -0.2) is 40.7 Å². The number of nitrogens with zero attached hydrogens (tertiary/aromatic N) is 2. The molecule has 0 aromatic carbocycles. The molecule has 0 radical (unpaired) electrons. The number of aliphatic hydroxyl groups is 1. The van der Waals surface area contributed by atoms with E-state index < -0.39 is 6.10 Å². The van der Waals surface area contributed by atoms with Crippen LogP contribution in [0.3, 0.4) is 0 Å². The van der Waals surface area contributed by atoms with Crippen molar-refractivity contribution in [2.45, 2.75) is 19.1 Å². The molecule has 2 heterocycles. The maximum Gasteiger partial charge on any atom is 0.0789 e. The maximum absolute atomic E-state index is 9.48. The number of aromatic nitrogens is 1. The number of hydrogen-bond donors (Lipinski definition) is 2. The van der Waals surface area contributed by atoms with Gasteiger partial charge in [-0.3, -0.25) is 9.88 Å². The summed E-state index contributed by atoms with van der Waals surface area (Å²) in [4.78, 5) is 6.35. The Kier molecular flexibility index (Phi) is 3.30. The number of hydrogen-bond acceptors (Lipinski definition) is 4. The Balaban J connectivity index is 1.99. The summed E-state index contributed by atoms with van der Waals surface area (Å²) >= 11 is 0. The van der Waals surface area contributed by atoms with E-state index in [1.165, 1.54) is 11.1 Å². The van der Waals surface area contributed by atoms with Crippen molar-refractivity contribution in [3.63, 3.8) is 0 Å². The second kappa shape index (κ2) is 4.70. The second-order valence-electron chi connectivity index (χ2n) is 4.02. The van der Waals surface area contributed by atoms with E-state index in [4.69, 9.17) is 5.73 Å². The van der Waals surface area contributed by atoms with E-state index in [9.17, 15) is 5.11 Å². The van der Waals surface area contributed by atoms with E-state index in [0.29, 0.717) is 13.1 Å². The van der Waals surface area contributed by atoms with E-state index in [-0.39, 0.29) is 0 Å². The predicted molar refractivity (Wildman–Crippen MR) is 58.3 cm³/mol. The summed E-state index contributed by atoms with van der Waals surface area (Å²) in [5.41, 5.74) is 8.05. The van der Waals surface area contributed by atoms with Crippen molar-refractivity contribution >= 4 is 0 Å². The average molecular weight is 207 g/mol. The molecule has 0 amide bonds. The Hall–Kier alpha value is -0.970. The summed E-state index contributed by atoms with van der Waals surface area (Å²) in [5, 5.41) is 9.48. The number of β-amino-alcohol motifs (C(OH)–C–C–N with tert-alkyl or cyclic N) is 1. The fraction of sp³-hybridized carbons (Fsp3) is 0.545. The molecule has 1 atom stereocenters. The summed E-state index contributed by atoms with van der Waals surface area (Å²) in [6.45, 7) is 2.88. The number of fused-ring (bicyclic) bond motifs is 1. The minimum absolute atomic E-state index is 0.333. The van der Waals surface area contributed by atoms with Crippen molar-refractivity contribution in [3.8, 4) is 0 Å². The van der Waals surface area contributed by atoms with Crippen LogP contribution in [0.5, 0.6) is 0 Å². The third kappa shape index (κ3) is 2.53. The van der Waals surface area contributed by atoms with Crippen molar-refractivity contribution in [1.82, 2.24) is 9.88 Å². The van der Waals surface area contributed by atoms with Crippen molar-refractivity contribution in [3.05, 3.63) is 29.6 Å². The first-order valence-corrected chi connectivity index (χ1v) is 5.32. The largest absolute Gasteiger partial charge is 0.390 e. The molecule has 0 fully saturated rings. The van der Waals surface area contributed by atoms with Gasteiger partial charge in [-0.15, -0.1) is 0 Å². The van der Waals surface area contributed by atoms with Crippen LogP contribution in [0.2, 0.25) is 0 Å². The topological polar surface area (TPSA) is 62.4 Å². The molecule has 0 saturated carbocycles. The number of nitrogens with two attached hydrogens (primary N) is 1. The summed E-state index contributed by atoms with van der Waals surface area (Å²) in [5.74, 6) is 0. The molecule has 1 aromatic heterocycles. The Morgan fingerprint density at radius 3 is 3.20 bits per heavy atom. The van der Waals surface area contributed by atoms with E-state index in [1.54, 1.807) is 0 Å². The van der Waals surface area contributed by atoms with Gasteiger partial charge in [-0.1, -0.05) is 0 Å². The molecule has 4 nitrogen and oxygen atoms in total. The van der Waals surface area contributed by atoms with Crippen LogP contribution in [0.1, 0.15) is 11.1 Å². The summed E-state index contributed by atoms with van der Waals surface area (Å²) in [6.07, 6.45) is 4.36. The van der Waals surface area contributed by atoms with Gasteiger partial charge in [0.05, 0.1) is 6.10 Å². The van der Waals surface area contributed by atoms with E-state index in [0.717, 1.165) is 19.5 Å². The van der Waals surface area contributed by atoms with Crippen LogP contribution >= 0.6 is 0 Å². The Morgan fingerprint density at radius 2 is 2.40 bits per heavy atom. The van der Waals surface area contributed by atoms with Crippen LogP contribution in [0.15, 0.2) is 18.5 Å². The van der Waals surface area contributed by atoms with Gasteiger partial charge in [-0.2, -0.15) is 0 Å². The lowest BCUT2D eigenvalue weighted by molar-refractivity contribution is 0.111. The van der Waals surface area contributed by atoms with Gasteiger partial charge < -0.3 is 10.8 Å². The lowest BCUT2D eigenvalue weighted by Crippen LogP contribution is -2.39. The molecule has 4 heteroatoms. The molecule has 15 heavy (non-hydrogen) atoms. The van der Waals surface area contributed by atoms with Crippen molar-refractivity contribution in [2.75, 3.05) is 19.6 Å². The standard InChI is InChI=1S/C11H17N3O/c12-5-11(15)8-14-4-2-9-6-13-3-1-10(9)7-14/h1,3,6,11,15H,2,4-5,7-8,12H2/t11-/m0/s1. The quantitative estimate of drug-likeness (QED) is 0.718. The molecule has 1 aliphatic heterocycles. The fourth-order valence-corrected chi connectivity index (χ4v) is 1.96. The molecule has 0 bridgehead atoms. The first-order valence-electron chi connectivity index (χ1n) is 5.32. The maximum atomic E-state index is 9.48. The number of rotatable bonds is 3. The van der Waals surface area contributed by atoms with E-state index in [1.807, 2.05) is 12.4 Å². The molecule has 2 rings (SSSR count). The van der Waals surface area contributed by atoms with Gasteiger partial charge >= 0.3 is 0 Å². The highest BCUT2D eigenvalue weighted by atomic mass is 16.3. The fourth-order valence-electron chi connectivity index (χ4n) is 1.96. The van der Waals surface area contributed by atoms with Crippen LogP contribution < -0.4 is 5.73 Å². The van der Waals surface area contributed by atoms with Gasteiger partial charge in [-0.25, -0.2) is 0 Å². The zero-order chi connectivity index (χ0) is 10.7. The van der Waals surface area contributed by atoms with Crippen LogP contribution in [0.4, 0.5) is 0 Å². The zero-order valence-electron chi connectivity index (χ0n) is 8.76. The van der Waals surface area contributed by atoms with Gasteiger partial charge in [0.15, 0.2) is 0 Å². The van der Waals surface area contributed by atoms with Gasteiger partial charge in [0.25, 0.3) is 0 Å². The third-order valence-corrected chi connectivity index (χ3v) is 2.84. The second-order valence-corrected chi connectivity index (χ2v) is 4.02. The van der Waals surface area contributed by atoms with E-state index >= 15 is 0 Å². The summed E-state index contributed by atoms with van der Waals surface area (Å²) in [6, 6.07) is 2.05. The highest BCUT2D eigenvalue weighted by molar-refractivity contribution is 5.25. The molecule has 0 aliphatic carbocycles. The molecule has 0 unspecified atom stereocenters. The predicted octanol–water partition coefficient (Wildman–Crippen LogP) is -0.241. The summed E-state index contributed by atoms with van der Waals surface area (Å²) in [7, 11) is 0. The van der Waals surface area contributed by atoms with Crippen LogP contribution in [0.25, 0.3) is 0 Å². The van der Waals surface area contributed by atoms with Crippen molar-refractivity contribution in [2.24, 2.45) is 5.73 Å². The smallest absolute Gasteiger partial charge is 0.0789 e. The first-order chi connectivity index (χ1) is 7.29. The van der Waals surface area contributed by atoms with Crippen LogP contribution in [0, 0.1) is 0 Å². The van der Waals surface area contributed by atoms with E-state index in [2.05, 4.69) is 16.0 Å². The van der Waals surface area contributed by atoms with Gasteiger partial charge in [0.2, 0.25) is 0 Å². The van der Waals surface area contributed by atoms with Crippen molar-refractivity contribution < 1.29 is 5.11 Å². The molecular weight excluding hydrogens is 190 g/mol. The molecule has 3 N–H and O–H groups in total. The molecule has 1 aliphatic rings. The molecule has 82 valence electrons. The number of pyridine rings is 1. The normalized spacial score (nSPS) is 18.5. The molecule has 0 spiro atoms. The van der Waals surface area contributed by atoms with Gasteiger partial charge in [0.1, 0.15) is 0 Å². The monoisotopic (exact) mass is 207 g/mol. The SMILES string of the molecule is NC[C@H](O)CN1CCc2cnccc2C1. The average Bonchev–Trinajstić information content (AvgIpc) is 2.29. The van der Waals surface area contributed by atoms with Crippen molar-refractivity contribution in [1.29, 1.82) is 0 Å². The zero-order valence-corrected chi connectivity index (χ0v) is 8.76. The molecular formula is C11H17N3O. The Morgan fingerprint density at radius 1 is 1.53 bits per heavy atom. The third-order valence-electron chi connectivity index (χ3n) is 2.84. The minimum atomic E-state index is -0.409. The Bertz CT molecular complexity index is 329. The highest BCUT2D eigenvalue weighted by Crippen LogP contribution is 2.17.